The van der Waals surface area contributed by atoms with Crippen molar-refractivity contribution in [2.75, 3.05) is 0 Å². The van der Waals surface area contributed by atoms with Gasteiger partial charge in [-0.25, -0.2) is 0 Å². The van der Waals surface area contributed by atoms with Crippen LogP contribution in [0.1, 0.15) is 446 Å². The first-order valence-electron chi connectivity index (χ1n) is 45.6. The maximum absolute atomic E-state index is 5.60. The second kappa shape index (κ2) is 45.4. The van der Waals surface area contributed by atoms with Crippen molar-refractivity contribution < 1.29 is 0 Å². The monoisotopic (exact) mass is 1520 g/mol. The Hall–Kier alpha value is -3.08. The van der Waals surface area contributed by atoms with E-state index in [9.17, 15) is 0 Å². The molecule has 4 aromatic heterocycles. The van der Waals surface area contributed by atoms with E-state index in [0.29, 0.717) is 0 Å². The van der Waals surface area contributed by atoms with Crippen LogP contribution in [0.5, 0.6) is 0 Å². The van der Waals surface area contributed by atoms with Crippen molar-refractivity contribution >= 4 is 86.6 Å². The molecule has 1 aliphatic heterocycles. The third-order valence-corrected chi connectivity index (χ3v) is 33.5. The molecule has 0 radical (unpaired) electrons. The van der Waals surface area contributed by atoms with Gasteiger partial charge >= 0.3 is 0 Å². The summed E-state index contributed by atoms with van der Waals surface area (Å²) in [6, 6.07) is 16.4. The molecule has 0 bridgehead atoms. The summed E-state index contributed by atoms with van der Waals surface area (Å²) in [5.74, 6) is 0. The highest BCUT2D eigenvalue weighted by atomic mass is 32.1. The van der Waals surface area contributed by atoms with Crippen LogP contribution in [0.4, 0.5) is 0 Å². The zero-order valence-electron chi connectivity index (χ0n) is 68.8. The number of thiophene rings is 2. The van der Waals surface area contributed by atoms with Gasteiger partial charge in [0.2, 0.25) is 0 Å². The van der Waals surface area contributed by atoms with Crippen LogP contribution in [-0.2, 0) is 10.8 Å². The lowest BCUT2D eigenvalue weighted by Gasteiger charge is -2.35. The van der Waals surface area contributed by atoms with Crippen molar-refractivity contribution in [2.45, 2.75) is 451 Å². The Morgan fingerprint density at radius 2 is 0.543 bits per heavy atom. The topological polar surface area (TPSA) is 51.6 Å². The summed E-state index contributed by atoms with van der Waals surface area (Å²) in [4.78, 5) is 5.98. The highest BCUT2D eigenvalue weighted by Gasteiger charge is 2.50. The fraction of sp³-hybridized carbons (Fsp3) is 0.729. The van der Waals surface area contributed by atoms with Gasteiger partial charge in [-0.2, -0.15) is 17.5 Å². The normalized spacial score (nSPS) is 14.3. The standard InChI is InChI=1S/C96H150N4S4Si/c1-9-13-17-21-25-29-33-37-41-45-49-53-57-61-65-95(66-62-58-54-50-46-42-38-34-30-26-22-18-14-10-2)80-72-78-81(71-77(80)87-82(95)69-75(5)89-91(87)99-103-97-89)96(67-63-59-55-51-47-43-39-35-31-27-23-19-15-11-3,68-64-60-56-52-48-44-40-36-32-28-24-20-16-12-4)83-73-79(90-92(88(78)83)100-104-98-90)84-74-86-94(102-84)93-85(105(86,7)8)70-76(6)101-93/h69-74H,9-68H2,1-8H3. The van der Waals surface area contributed by atoms with Gasteiger partial charge in [-0.1, -0.05) is 406 Å². The molecule has 582 valence electrons. The van der Waals surface area contributed by atoms with Crippen LogP contribution in [0.15, 0.2) is 36.4 Å². The first kappa shape index (κ1) is 84.4. The molecular formula is C96H150N4S4Si. The maximum Gasteiger partial charge on any atom is 0.116 e. The van der Waals surface area contributed by atoms with Gasteiger partial charge in [0.1, 0.15) is 30.1 Å². The molecule has 0 amide bonds. The predicted octanol–water partition coefficient (Wildman–Crippen LogP) is 32.9. The van der Waals surface area contributed by atoms with Gasteiger partial charge in [-0.3, -0.25) is 0 Å². The molecule has 0 saturated carbocycles. The van der Waals surface area contributed by atoms with Crippen molar-refractivity contribution in [3.63, 3.8) is 0 Å². The van der Waals surface area contributed by atoms with E-state index in [0.717, 1.165) is 11.0 Å². The average molecular weight is 1520 g/mol. The van der Waals surface area contributed by atoms with Gasteiger partial charge in [0, 0.05) is 47.0 Å². The summed E-state index contributed by atoms with van der Waals surface area (Å²) in [7, 11) is -1.87. The number of fused-ring (bicyclic) bond motifs is 13. The van der Waals surface area contributed by atoms with Gasteiger partial charge in [0.25, 0.3) is 0 Å². The van der Waals surface area contributed by atoms with Crippen molar-refractivity contribution in [1.29, 1.82) is 0 Å². The number of unbranched alkanes of at least 4 members (excludes halogenated alkanes) is 52. The Morgan fingerprint density at radius 3 is 0.886 bits per heavy atom. The van der Waals surface area contributed by atoms with E-state index < -0.39 is 8.07 Å². The maximum atomic E-state index is 5.60. The smallest absolute Gasteiger partial charge is 0.116 e. The van der Waals surface area contributed by atoms with Gasteiger partial charge < -0.3 is 0 Å². The third-order valence-electron chi connectivity index (χ3n) is 26.3. The number of hydrogen-bond acceptors (Lipinski definition) is 8. The van der Waals surface area contributed by atoms with Crippen LogP contribution in [-0.4, -0.2) is 25.6 Å². The Bertz CT molecular complexity index is 3550. The van der Waals surface area contributed by atoms with Crippen LogP contribution in [0.2, 0.25) is 13.1 Å². The van der Waals surface area contributed by atoms with Crippen molar-refractivity contribution in [3.05, 3.63) is 69.1 Å². The summed E-state index contributed by atoms with van der Waals surface area (Å²) >= 11 is 7.05. The van der Waals surface area contributed by atoms with Gasteiger partial charge in [-0.15, -0.1) is 22.7 Å². The molecule has 9 heteroatoms. The zero-order valence-corrected chi connectivity index (χ0v) is 73.1. The minimum absolute atomic E-state index is 0.0855. The van der Waals surface area contributed by atoms with Crippen LogP contribution in [0.3, 0.4) is 0 Å². The number of rotatable bonds is 61. The largest absolute Gasteiger partial charge is 0.173 e. The zero-order chi connectivity index (χ0) is 73.4. The molecule has 2 aliphatic carbocycles. The molecule has 10 rings (SSSR count). The predicted molar refractivity (Wildman–Crippen MR) is 473 cm³/mol. The quantitative estimate of drug-likeness (QED) is 0.0282. The summed E-state index contributed by atoms with van der Waals surface area (Å²) in [6.07, 6.45) is 82.7. The van der Waals surface area contributed by atoms with Crippen LogP contribution in [0.25, 0.3) is 64.5 Å². The first-order valence-corrected chi connectivity index (χ1v) is 51.7. The molecule has 105 heavy (non-hydrogen) atoms. The molecule has 5 heterocycles. The summed E-state index contributed by atoms with van der Waals surface area (Å²) < 4.78 is 21.6. The van der Waals surface area contributed by atoms with Gasteiger partial charge in [-0.05, 0) is 119 Å². The molecule has 4 nitrogen and oxygen atoms in total. The molecular weight excluding hydrogens is 1370 g/mol. The Balaban J connectivity index is 0.987. The molecule has 0 atom stereocenters. The first-order chi connectivity index (χ1) is 51.6. The lowest BCUT2D eigenvalue weighted by atomic mass is 9.68. The number of aryl methyl sites for hydroxylation is 2. The highest BCUT2D eigenvalue weighted by molar-refractivity contribution is 7.30. The van der Waals surface area contributed by atoms with Crippen molar-refractivity contribution in [3.8, 4) is 42.4 Å². The number of hydrogen-bond donors (Lipinski definition) is 0. The number of nitrogens with zero attached hydrogens (tertiary/aromatic N) is 4. The summed E-state index contributed by atoms with van der Waals surface area (Å²) in [6.45, 7) is 19.3. The van der Waals surface area contributed by atoms with E-state index in [2.05, 4.69) is 102 Å². The SMILES string of the molecule is CCCCCCCCCCCCCCCCC1(CCCCCCCCCCCCCCCC)c2cc3c(cc2-c2c1cc(C)c1nsnc21)C(CCCCCCCCCCCCCCCC)(CCCCCCCCCCCCCCCC)c1cc(-c2cc4c(s2)-c2sc(C)cc2[Si]4(C)C)c2nsnc2c1-3. The second-order valence-electron chi connectivity index (χ2n) is 35.0. The minimum atomic E-state index is -1.87. The fourth-order valence-electron chi connectivity index (χ4n) is 19.9. The molecule has 0 fully saturated rings. The Morgan fingerprint density at radius 1 is 0.276 bits per heavy atom. The van der Waals surface area contributed by atoms with Crippen LogP contribution < -0.4 is 10.4 Å². The molecule has 7 aromatic rings. The van der Waals surface area contributed by atoms with Gasteiger partial charge in [0.15, 0.2) is 0 Å². The summed E-state index contributed by atoms with van der Waals surface area (Å²) in [5.41, 5.74) is 19.4. The fourth-order valence-corrected chi connectivity index (χ4v) is 28.2. The van der Waals surface area contributed by atoms with E-state index in [1.54, 1.807) is 42.4 Å². The molecule has 3 aromatic carbocycles. The Labute approximate surface area is 661 Å². The molecule has 0 saturated heterocycles. The average Bonchev–Trinajstić information content (AvgIpc) is 1.52. The highest BCUT2D eigenvalue weighted by Crippen LogP contribution is 2.64. The number of aromatic nitrogens is 4. The molecule has 0 N–H and O–H groups in total. The van der Waals surface area contributed by atoms with Gasteiger partial charge in [0.05, 0.1) is 23.5 Å². The lowest BCUT2D eigenvalue weighted by Crippen LogP contribution is -2.48. The molecule has 0 unspecified atom stereocenters. The van der Waals surface area contributed by atoms with E-state index in [-0.39, 0.29) is 10.8 Å². The van der Waals surface area contributed by atoms with Crippen molar-refractivity contribution in [1.82, 2.24) is 17.5 Å². The molecule has 3 aliphatic rings. The van der Waals surface area contributed by atoms with Crippen LogP contribution in [0, 0.1) is 13.8 Å². The summed E-state index contributed by atoms with van der Waals surface area (Å²) in [5, 5.41) is 3.30. The van der Waals surface area contributed by atoms with E-state index in [1.807, 2.05) is 11.3 Å². The van der Waals surface area contributed by atoms with E-state index in [1.165, 1.54) is 463 Å². The Kier molecular flexibility index (Phi) is 36.5. The lowest BCUT2D eigenvalue weighted by molar-refractivity contribution is 0.393. The number of benzene rings is 3. The second-order valence-corrected chi connectivity index (χ2v) is 42.6. The van der Waals surface area contributed by atoms with E-state index in [4.69, 9.17) is 17.5 Å². The minimum Gasteiger partial charge on any atom is -0.173 e. The van der Waals surface area contributed by atoms with Crippen LogP contribution >= 0.6 is 46.1 Å². The van der Waals surface area contributed by atoms with Crippen molar-refractivity contribution in [2.24, 2.45) is 0 Å². The third kappa shape index (κ3) is 22.6. The van der Waals surface area contributed by atoms with E-state index >= 15 is 0 Å². The molecule has 0 spiro atoms.